The molecular formula is C13H19F3N4O. The molecule has 1 aromatic rings. The number of pyridine rings is 1. The number of nitrogens with zero attached hydrogens (tertiary/aromatic N) is 2. The lowest BCUT2D eigenvalue weighted by atomic mass is 10.3. The molecule has 8 heteroatoms. The molecule has 2 N–H and O–H groups in total. The number of carbonyl (C=O) groups is 1. The van der Waals surface area contributed by atoms with Gasteiger partial charge >= 0.3 is 6.18 Å². The lowest BCUT2D eigenvalue weighted by Crippen LogP contribution is -2.35. The van der Waals surface area contributed by atoms with E-state index in [1.165, 1.54) is 6.20 Å². The lowest BCUT2D eigenvalue weighted by molar-refractivity contribution is -0.126. The van der Waals surface area contributed by atoms with Gasteiger partial charge in [-0.3, -0.25) is 4.79 Å². The molecule has 0 saturated heterocycles. The van der Waals surface area contributed by atoms with Crippen LogP contribution in [0.15, 0.2) is 18.3 Å². The maximum atomic E-state index is 11.9. The van der Waals surface area contributed by atoms with Crippen LogP contribution in [0.1, 0.15) is 13.8 Å². The molecule has 1 heterocycles. The largest absolute Gasteiger partial charge is 0.401 e. The van der Waals surface area contributed by atoms with Gasteiger partial charge in [0.25, 0.3) is 0 Å². The molecule has 0 unspecified atom stereocenters. The van der Waals surface area contributed by atoms with E-state index < -0.39 is 25.2 Å². The zero-order valence-electron chi connectivity index (χ0n) is 12.0. The number of rotatable bonds is 7. The SMILES string of the molecule is CCN(CC)c1ccc(NC(=O)CNCC(F)(F)F)cn1. The predicted molar refractivity (Wildman–Crippen MR) is 75.4 cm³/mol. The van der Waals surface area contributed by atoms with Crippen molar-refractivity contribution >= 4 is 17.4 Å². The number of aromatic nitrogens is 1. The Balaban J connectivity index is 2.46. The molecule has 21 heavy (non-hydrogen) atoms. The highest BCUT2D eigenvalue weighted by Gasteiger charge is 2.26. The van der Waals surface area contributed by atoms with Crippen molar-refractivity contribution in [2.45, 2.75) is 20.0 Å². The average molecular weight is 304 g/mol. The van der Waals surface area contributed by atoms with Crippen molar-refractivity contribution in [2.75, 3.05) is 36.4 Å². The average Bonchev–Trinajstić information content (AvgIpc) is 2.40. The molecule has 0 aliphatic heterocycles. The first-order valence-corrected chi connectivity index (χ1v) is 6.64. The first kappa shape index (κ1) is 17.2. The van der Waals surface area contributed by atoms with Gasteiger partial charge < -0.3 is 15.5 Å². The van der Waals surface area contributed by atoms with Crippen LogP contribution in [0.3, 0.4) is 0 Å². The summed E-state index contributed by atoms with van der Waals surface area (Å²) in [7, 11) is 0. The fourth-order valence-electron chi connectivity index (χ4n) is 1.72. The summed E-state index contributed by atoms with van der Waals surface area (Å²) >= 11 is 0. The number of carbonyl (C=O) groups excluding carboxylic acids is 1. The number of alkyl halides is 3. The fraction of sp³-hybridized carbons (Fsp3) is 0.538. The van der Waals surface area contributed by atoms with Crippen molar-refractivity contribution in [3.8, 4) is 0 Å². The minimum Gasteiger partial charge on any atom is -0.357 e. The van der Waals surface area contributed by atoms with Gasteiger partial charge in [-0.05, 0) is 26.0 Å². The van der Waals surface area contributed by atoms with E-state index in [-0.39, 0.29) is 0 Å². The van der Waals surface area contributed by atoms with Crippen molar-refractivity contribution in [2.24, 2.45) is 0 Å². The summed E-state index contributed by atoms with van der Waals surface area (Å²) in [5.74, 6) is 0.241. The Morgan fingerprint density at radius 3 is 2.43 bits per heavy atom. The van der Waals surface area contributed by atoms with Crippen LogP contribution in [-0.4, -0.2) is 43.2 Å². The fourth-order valence-corrected chi connectivity index (χ4v) is 1.72. The number of amides is 1. The highest BCUT2D eigenvalue weighted by atomic mass is 19.4. The second-order valence-electron chi connectivity index (χ2n) is 4.34. The standard InChI is InChI=1S/C13H19F3N4O/c1-3-20(4-2)11-6-5-10(7-18-11)19-12(21)8-17-9-13(14,15)16/h5-7,17H,3-4,8-9H2,1-2H3,(H,19,21). The van der Waals surface area contributed by atoms with E-state index in [0.717, 1.165) is 18.9 Å². The minimum atomic E-state index is -4.33. The molecule has 1 aromatic heterocycles. The molecule has 0 bridgehead atoms. The number of hydrogen-bond acceptors (Lipinski definition) is 4. The van der Waals surface area contributed by atoms with E-state index in [2.05, 4.69) is 10.3 Å². The van der Waals surface area contributed by atoms with Crippen LogP contribution >= 0.6 is 0 Å². The second kappa shape index (κ2) is 7.82. The molecule has 0 saturated carbocycles. The minimum absolute atomic E-state index is 0.405. The number of nitrogens with one attached hydrogen (secondary N) is 2. The molecule has 1 amide bonds. The molecule has 0 atom stereocenters. The molecular weight excluding hydrogens is 285 g/mol. The Bertz CT molecular complexity index is 444. The molecule has 0 aromatic carbocycles. The lowest BCUT2D eigenvalue weighted by Gasteiger charge is -2.19. The summed E-state index contributed by atoms with van der Waals surface area (Å²) < 4.78 is 35.7. The van der Waals surface area contributed by atoms with Gasteiger partial charge in [-0.25, -0.2) is 4.98 Å². The Labute approximate surface area is 121 Å². The Kier molecular flexibility index (Phi) is 6.41. The highest BCUT2D eigenvalue weighted by molar-refractivity contribution is 5.92. The van der Waals surface area contributed by atoms with Crippen LogP contribution in [0.2, 0.25) is 0 Å². The summed E-state index contributed by atoms with van der Waals surface area (Å²) in [5, 5.41) is 4.51. The molecule has 0 aliphatic rings. The zero-order valence-corrected chi connectivity index (χ0v) is 12.0. The second-order valence-corrected chi connectivity index (χ2v) is 4.34. The topological polar surface area (TPSA) is 57.3 Å². The van der Waals surface area contributed by atoms with E-state index >= 15 is 0 Å². The van der Waals surface area contributed by atoms with Gasteiger partial charge in [-0.1, -0.05) is 0 Å². The third kappa shape index (κ3) is 6.44. The van der Waals surface area contributed by atoms with Gasteiger partial charge in [0, 0.05) is 13.1 Å². The third-order valence-electron chi connectivity index (χ3n) is 2.73. The third-order valence-corrected chi connectivity index (χ3v) is 2.73. The van der Waals surface area contributed by atoms with Crippen molar-refractivity contribution in [3.05, 3.63) is 18.3 Å². The first-order valence-electron chi connectivity index (χ1n) is 6.64. The van der Waals surface area contributed by atoms with E-state index in [4.69, 9.17) is 0 Å². The number of hydrogen-bond donors (Lipinski definition) is 2. The van der Waals surface area contributed by atoms with Crippen LogP contribution in [0, 0.1) is 0 Å². The molecule has 0 fully saturated rings. The zero-order chi connectivity index (χ0) is 15.9. The quantitative estimate of drug-likeness (QED) is 0.809. The highest BCUT2D eigenvalue weighted by Crippen LogP contribution is 2.14. The van der Waals surface area contributed by atoms with Crippen molar-refractivity contribution < 1.29 is 18.0 Å². The van der Waals surface area contributed by atoms with Crippen LogP contribution in [0.4, 0.5) is 24.7 Å². The van der Waals surface area contributed by atoms with Gasteiger partial charge in [0.1, 0.15) is 5.82 Å². The molecule has 0 aliphatic carbocycles. The van der Waals surface area contributed by atoms with Crippen molar-refractivity contribution in [3.63, 3.8) is 0 Å². The van der Waals surface area contributed by atoms with E-state index in [1.54, 1.807) is 12.1 Å². The summed E-state index contributed by atoms with van der Waals surface area (Å²) in [6, 6.07) is 3.42. The van der Waals surface area contributed by atoms with E-state index in [9.17, 15) is 18.0 Å². The van der Waals surface area contributed by atoms with Crippen molar-refractivity contribution in [1.29, 1.82) is 0 Å². The first-order chi connectivity index (χ1) is 9.85. The Hall–Kier alpha value is -1.83. The molecule has 5 nitrogen and oxygen atoms in total. The van der Waals surface area contributed by atoms with Crippen molar-refractivity contribution in [1.82, 2.24) is 10.3 Å². The van der Waals surface area contributed by atoms with E-state index in [0.29, 0.717) is 5.69 Å². The monoisotopic (exact) mass is 304 g/mol. The molecule has 118 valence electrons. The van der Waals surface area contributed by atoms with Gasteiger partial charge in [0.05, 0.1) is 25.0 Å². The number of anilines is 2. The van der Waals surface area contributed by atoms with Crippen LogP contribution in [-0.2, 0) is 4.79 Å². The van der Waals surface area contributed by atoms with Crippen LogP contribution in [0.25, 0.3) is 0 Å². The normalized spacial score (nSPS) is 11.3. The van der Waals surface area contributed by atoms with Gasteiger partial charge in [-0.15, -0.1) is 0 Å². The van der Waals surface area contributed by atoms with Gasteiger partial charge in [-0.2, -0.15) is 13.2 Å². The predicted octanol–water partition coefficient (Wildman–Crippen LogP) is 2.02. The van der Waals surface area contributed by atoms with Gasteiger partial charge in [0.15, 0.2) is 0 Å². The van der Waals surface area contributed by atoms with Crippen LogP contribution < -0.4 is 15.5 Å². The summed E-state index contributed by atoms with van der Waals surface area (Å²) in [6.45, 7) is 4.05. The molecule has 0 spiro atoms. The maximum Gasteiger partial charge on any atom is 0.401 e. The Morgan fingerprint density at radius 1 is 1.29 bits per heavy atom. The summed E-state index contributed by atoms with van der Waals surface area (Å²) in [6.07, 6.45) is -2.84. The Morgan fingerprint density at radius 2 is 1.95 bits per heavy atom. The maximum absolute atomic E-state index is 11.9. The van der Waals surface area contributed by atoms with Crippen LogP contribution in [0.5, 0.6) is 0 Å². The smallest absolute Gasteiger partial charge is 0.357 e. The number of halogens is 3. The van der Waals surface area contributed by atoms with E-state index in [1.807, 2.05) is 24.1 Å². The summed E-state index contributed by atoms with van der Waals surface area (Å²) in [5.41, 5.74) is 0.449. The molecule has 1 rings (SSSR count). The van der Waals surface area contributed by atoms with Gasteiger partial charge in [0.2, 0.25) is 5.91 Å². The molecule has 0 radical (unpaired) electrons. The summed E-state index contributed by atoms with van der Waals surface area (Å²) in [4.78, 5) is 17.7.